The molecule has 0 unspecified atom stereocenters. The average Bonchev–Trinajstić information content (AvgIpc) is 2.79. The lowest BCUT2D eigenvalue weighted by atomic mass is 10.1. The second kappa shape index (κ2) is 9.98. The van der Waals surface area contributed by atoms with E-state index in [0.717, 1.165) is 42.3 Å². The highest BCUT2D eigenvalue weighted by atomic mass is 15.1. The van der Waals surface area contributed by atoms with Crippen LogP contribution < -0.4 is 10.6 Å². The summed E-state index contributed by atoms with van der Waals surface area (Å²) in [4.78, 5) is 15.9. The summed E-state index contributed by atoms with van der Waals surface area (Å²) in [6.07, 6.45) is 8.78. The van der Waals surface area contributed by atoms with Crippen molar-refractivity contribution < 1.29 is 0 Å². The predicted octanol–water partition coefficient (Wildman–Crippen LogP) is 4.57. The van der Waals surface area contributed by atoms with Crippen LogP contribution in [0.1, 0.15) is 25.7 Å². The second-order valence-corrected chi connectivity index (χ2v) is 7.37. The van der Waals surface area contributed by atoms with Crippen molar-refractivity contribution in [1.29, 1.82) is 0 Å². The van der Waals surface area contributed by atoms with Crippen LogP contribution in [0.3, 0.4) is 0 Å². The Kier molecular flexibility index (Phi) is 6.65. The van der Waals surface area contributed by atoms with Crippen LogP contribution in [-0.2, 0) is 0 Å². The summed E-state index contributed by atoms with van der Waals surface area (Å²) in [5.74, 6) is 1.44. The fourth-order valence-corrected chi connectivity index (χ4v) is 3.64. The summed E-state index contributed by atoms with van der Waals surface area (Å²) in [7, 11) is 0. The highest BCUT2D eigenvalue weighted by Gasteiger charge is 2.09. The molecule has 0 aliphatic carbocycles. The number of pyridine rings is 1. The van der Waals surface area contributed by atoms with Crippen LogP contribution in [0, 0.1) is 0 Å². The van der Waals surface area contributed by atoms with Crippen LogP contribution in [0.5, 0.6) is 0 Å². The first-order valence-corrected chi connectivity index (χ1v) is 10.4. The van der Waals surface area contributed by atoms with Gasteiger partial charge in [0.1, 0.15) is 5.82 Å². The van der Waals surface area contributed by atoms with E-state index < -0.39 is 0 Å². The molecular formula is C23H28N6. The molecule has 6 nitrogen and oxygen atoms in total. The second-order valence-electron chi connectivity index (χ2n) is 7.37. The Morgan fingerprint density at radius 1 is 0.897 bits per heavy atom. The van der Waals surface area contributed by atoms with Gasteiger partial charge in [-0.15, -0.1) is 0 Å². The maximum Gasteiger partial charge on any atom is 0.229 e. The molecule has 3 heterocycles. The number of aromatic nitrogens is 3. The Morgan fingerprint density at radius 3 is 2.69 bits per heavy atom. The van der Waals surface area contributed by atoms with Crippen LogP contribution in [-0.4, -0.2) is 46.0 Å². The van der Waals surface area contributed by atoms with Gasteiger partial charge in [0.05, 0.1) is 5.69 Å². The Balaban J connectivity index is 1.32. The van der Waals surface area contributed by atoms with E-state index in [1.807, 2.05) is 36.4 Å². The number of rotatable bonds is 8. The topological polar surface area (TPSA) is 66.0 Å². The van der Waals surface area contributed by atoms with E-state index in [9.17, 15) is 0 Å². The van der Waals surface area contributed by atoms with Crippen molar-refractivity contribution in [3.8, 4) is 11.3 Å². The van der Waals surface area contributed by atoms with Crippen molar-refractivity contribution in [2.45, 2.75) is 25.7 Å². The number of hydrogen-bond acceptors (Lipinski definition) is 6. The Morgan fingerprint density at radius 2 is 1.83 bits per heavy atom. The normalized spacial score (nSPS) is 14.5. The molecule has 1 fully saturated rings. The molecule has 0 spiro atoms. The number of nitrogens with one attached hydrogen (secondary N) is 2. The van der Waals surface area contributed by atoms with Crippen LogP contribution >= 0.6 is 0 Å². The van der Waals surface area contributed by atoms with E-state index in [2.05, 4.69) is 42.6 Å². The molecule has 3 aromatic rings. The van der Waals surface area contributed by atoms with Gasteiger partial charge >= 0.3 is 0 Å². The van der Waals surface area contributed by atoms with E-state index in [1.165, 1.54) is 32.4 Å². The molecule has 0 bridgehead atoms. The predicted molar refractivity (Wildman–Crippen MR) is 118 cm³/mol. The molecule has 29 heavy (non-hydrogen) atoms. The summed E-state index contributed by atoms with van der Waals surface area (Å²) < 4.78 is 0. The first-order valence-electron chi connectivity index (χ1n) is 10.4. The van der Waals surface area contributed by atoms with Crippen LogP contribution in [0.2, 0.25) is 0 Å². The van der Waals surface area contributed by atoms with Crippen molar-refractivity contribution in [3.05, 3.63) is 60.9 Å². The SMILES string of the molecule is c1ccc(-c2cccc(Nc3nccc(NCCCN4CCCCC4)n3)c2)nc1. The van der Waals surface area contributed by atoms with Gasteiger partial charge in [0, 0.05) is 30.2 Å². The van der Waals surface area contributed by atoms with Crippen LogP contribution in [0.15, 0.2) is 60.9 Å². The van der Waals surface area contributed by atoms with Crippen LogP contribution in [0.25, 0.3) is 11.3 Å². The lowest BCUT2D eigenvalue weighted by molar-refractivity contribution is 0.228. The van der Waals surface area contributed by atoms with E-state index in [1.54, 1.807) is 12.4 Å². The van der Waals surface area contributed by atoms with Gasteiger partial charge in [-0.25, -0.2) is 4.98 Å². The van der Waals surface area contributed by atoms with E-state index in [-0.39, 0.29) is 0 Å². The fourth-order valence-electron chi connectivity index (χ4n) is 3.64. The molecule has 150 valence electrons. The zero-order valence-electron chi connectivity index (χ0n) is 16.7. The lowest BCUT2D eigenvalue weighted by Crippen LogP contribution is -2.31. The molecule has 4 rings (SSSR count). The highest BCUT2D eigenvalue weighted by Crippen LogP contribution is 2.22. The highest BCUT2D eigenvalue weighted by molar-refractivity contribution is 5.67. The molecule has 1 aromatic carbocycles. The number of piperidine rings is 1. The Hall–Kier alpha value is -2.99. The first kappa shape index (κ1) is 19.3. The van der Waals surface area contributed by atoms with Gasteiger partial charge in [-0.3, -0.25) is 4.98 Å². The third-order valence-corrected chi connectivity index (χ3v) is 5.14. The van der Waals surface area contributed by atoms with Gasteiger partial charge < -0.3 is 15.5 Å². The molecular weight excluding hydrogens is 360 g/mol. The summed E-state index contributed by atoms with van der Waals surface area (Å²) in [6.45, 7) is 4.57. The zero-order valence-corrected chi connectivity index (χ0v) is 16.7. The summed E-state index contributed by atoms with van der Waals surface area (Å²) in [5, 5.41) is 6.72. The minimum absolute atomic E-state index is 0.587. The van der Waals surface area contributed by atoms with Crippen LogP contribution in [0.4, 0.5) is 17.5 Å². The number of hydrogen-bond donors (Lipinski definition) is 2. The van der Waals surface area contributed by atoms with Gasteiger partial charge in [0.15, 0.2) is 0 Å². The van der Waals surface area contributed by atoms with Gasteiger partial charge in [-0.1, -0.05) is 24.6 Å². The number of likely N-dealkylation sites (tertiary alicyclic amines) is 1. The molecule has 0 atom stereocenters. The minimum atomic E-state index is 0.587. The monoisotopic (exact) mass is 388 g/mol. The van der Waals surface area contributed by atoms with Crippen molar-refractivity contribution in [1.82, 2.24) is 19.9 Å². The third kappa shape index (κ3) is 5.74. The molecule has 0 saturated carbocycles. The summed E-state index contributed by atoms with van der Waals surface area (Å²) in [6, 6.07) is 16.0. The summed E-state index contributed by atoms with van der Waals surface area (Å²) in [5.41, 5.74) is 2.94. The van der Waals surface area contributed by atoms with E-state index >= 15 is 0 Å². The van der Waals surface area contributed by atoms with Crippen molar-refractivity contribution >= 4 is 17.5 Å². The van der Waals surface area contributed by atoms with Gasteiger partial charge in [0.2, 0.25) is 5.95 Å². The van der Waals surface area contributed by atoms with Crippen molar-refractivity contribution in [2.75, 3.05) is 36.8 Å². The van der Waals surface area contributed by atoms with E-state index in [4.69, 9.17) is 0 Å². The molecule has 1 aliphatic heterocycles. The standard InChI is InChI=1S/C23H28N6/c1-4-15-29(16-5-1)17-7-13-25-22-11-14-26-23(28-22)27-20-9-6-8-19(18-20)21-10-2-3-12-24-21/h2-3,6,8-12,14,18H,1,4-5,7,13,15-17H2,(H2,25,26,27,28). The lowest BCUT2D eigenvalue weighted by Gasteiger charge is -2.26. The zero-order chi connectivity index (χ0) is 19.7. The average molecular weight is 389 g/mol. The largest absolute Gasteiger partial charge is 0.370 e. The van der Waals surface area contributed by atoms with Gasteiger partial charge in [-0.05, 0) is 69.2 Å². The van der Waals surface area contributed by atoms with Gasteiger partial charge in [-0.2, -0.15) is 4.98 Å². The number of benzene rings is 1. The maximum absolute atomic E-state index is 4.59. The molecule has 2 aromatic heterocycles. The van der Waals surface area contributed by atoms with Gasteiger partial charge in [0.25, 0.3) is 0 Å². The summed E-state index contributed by atoms with van der Waals surface area (Å²) >= 11 is 0. The molecule has 6 heteroatoms. The Bertz CT molecular complexity index is 893. The molecule has 0 radical (unpaired) electrons. The third-order valence-electron chi connectivity index (χ3n) is 5.14. The van der Waals surface area contributed by atoms with E-state index in [0.29, 0.717) is 5.95 Å². The number of nitrogens with zero attached hydrogens (tertiary/aromatic N) is 4. The smallest absolute Gasteiger partial charge is 0.229 e. The fraction of sp³-hybridized carbons (Fsp3) is 0.348. The van der Waals surface area contributed by atoms with Crippen molar-refractivity contribution in [3.63, 3.8) is 0 Å². The maximum atomic E-state index is 4.59. The quantitative estimate of drug-likeness (QED) is 0.551. The first-order chi connectivity index (χ1) is 14.4. The molecule has 1 aliphatic rings. The minimum Gasteiger partial charge on any atom is -0.370 e. The van der Waals surface area contributed by atoms with Crippen molar-refractivity contribution in [2.24, 2.45) is 0 Å². The molecule has 0 amide bonds. The molecule has 1 saturated heterocycles. The Labute approximate surface area is 172 Å². The number of anilines is 3. The molecule has 2 N–H and O–H groups in total.